The summed E-state index contributed by atoms with van der Waals surface area (Å²) < 4.78 is 18.6. The van der Waals surface area contributed by atoms with Crippen molar-refractivity contribution in [2.75, 3.05) is 23.4 Å². The summed E-state index contributed by atoms with van der Waals surface area (Å²) in [4.78, 5) is 11.5. The van der Waals surface area contributed by atoms with Gasteiger partial charge in [0.1, 0.15) is 0 Å². The van der Waals surface area contributed by atoms with Crippen molar-refractivity contribution >= 4 is 43.0 Å². The van der Waals surface area contributed by atoms with Gasteiger partial charge in [-0.05, 0) is 0 Å². The summed E-state index contributed by atoms with van der Waals surface area (Å²) >= 11 is -1.62. The van der Waals surface area contributed by atoms with Gasteiger partial charge in [0.15, 0.2) is 0 Å². The Bertz CT molecular complexity index is 401. The summed E-state index contributed by atoms with van der Waals surface area (Å²) in [7, 11) is 0. The molecule has 19 heavy (non-hydrogen) atoms. The molecule has 1 amide bonds. The first-order valence-corrected chi connectivity index (χ1v) is 9.24. The van der Waals surface area contributed by atoms with Crippen LogP contribution in [0.15, 0.2) is 24.3 Å². The van der Waals surface area contributed by atoms with Crippen LogP contribution in [0.4, 0.5) is 5.69 Å². The third-order valence-electron chi connectivity index (χ3n) is 2.14. The van der Waals surface area contributed by atoms with Crippen molar-refractivity contribution in [2.45, 2.75) is 6.10 Å². The molecular weight excluding hydrogens is 333 g/mol. The molecular formula is C11H16AsNO5S. The van der Waals surface area contributed by atoms with E-state index in [1.54, 1.807) is 24.3 Å². The van der Waals surface area contributed by atoms with Crippen molar-refractivity contribution in [3.63, 3.8) is 0 Å². The predicted octanol–water partition coefficient (Wildman–Crippen LogP) is -1.61. The van der Waals surface area contributed by atoms with Gasteiger partial charge in [-0.2, -0.15) is 0 Å². The van der Waals surface area contributed by atoms with Crippen molar-refractivity contribution in [1.82, 2.24) is 0 Å². The maximum absolute atomic E-state index is 11.5. The van der Waals surface area contributed by atoms with E-state index >= 15 is 0 Å². The molecule has 0 aliphatic rings. The normalized spacial score (nSPS) is 12.5. The van der Waals surface area contributed by atoms with Crippen LogP contribution in [0.1, 0.15) is 0 Å². The minimum atomic E-state index is -2.85. The van der Waals surface area contributed by atoms with E-state index in [0.717, 1.165) is 0 Å². The topological polar surface area (TPSA) is 110 Å². The van der Waals surface area contributed by atoms with E-state index in [9.17, 15) is 4.79 Å². The van der Waals surface area contributed by atoms with Crippen molar-refractivity contribution in [1.29, 1.82) is 0 Å². The molecule has 6 nitrogen and oxygen atoms in total. The van der Waals surface area contributed by atoms with E-state index in [2.05, 4.69) is 5.32 Å². The number of carbonyl (C=O) groups excluding carboxylic acids is 1. The average molecular weight is 349 g/mol. The molecule has 0 aliphatic carbocycles. The molecule has 1 rings (SSSR count). The number of benzene rings is 1. The van der Waals surface area contributed by atoms with Gasteiger partial charge in [-0.25, -0.2) is 0 Å². The molecule has 0 aliphatic heterocycles. The van der Waals surface area contributed by atoms with Crippen LogP contribution < -0.4 is 9.67 Å². The first-order chi connectivity index (χ1) is 9.02. The second-order valence-electron chi connectivity index (χ2n) is 3.74. The zero-order valence-electron chi connectivity index (χ0n) is 10.1. The number of carbonyl (C=O) groups is 1. The van der Waals surface area contributed by atoms with Gasteiger partial charge < -0.3 is 0 Å². The zero-order chi connectivity index (χ0) is 14.3. The Morgan fingerprint density at radius 3 is 2.47 bits per heavy atom. The van der Waals surface area contributed by atoms with E-state index in [0.29, 0.717) is 15.8 Å². The molecule has 0 fully saturated rings. The van der Waals surface area contributed by atoms with Gasteiger partial charge in [0.25, 0.3) is 0 Å². The number of hydrogen-bond acceptors (Lipinski definition) is 6. The number of rotatable bonds is 7. The van der Waals surface area contributed by atoms with Gasteiger partial charge in [-0.3, -0.25) is 0 Å². The van der Waals surface area contributed by atoms with Crippen LogP contribution in [0.5, 0.6) is 0 Å². The number of thioether (sulfide) groups is 1. The molecule has 1 unspecified atom stereocenters. The average Bonchev–Trinajstić information content (AvgIpc) is 2.39. The number of anilines is 1. The van der Waals surface area contributed by atoms with E-state index in [1.807, 2.05) is 0 Å². The third-order valence-corrected chi connectivity index (χ3v) is 4.82. The van der Waals surface area contributed by atoms with Gasteiger partial charge in [0.2, 0.25) is 0 Å². The van der Waals surface area contributed by atoms with Gasteiger partial charge in [0, 0.05) is 0 Å². The summed E-state index contributed by atoms with van der Waals surface area (Å²) in [6.07, 6.45) is -0.812. The third kappa shape index (κ3) is 6.42. The van der Waals surface area contributed by atoms with Crippen molar-refractivity contribution < 1.29 is 23.2 Å². The number of hydrogen-bond donors (Lipinski definition) is 5. The van der Waals surface area contributed by atoms with E-state index in [4.69, 9.17) is 18.4 Å². The summed E-state index contributed by atoms with van der Waals surface area (Å²) in [5.41, 5.74) is 0.577. The number of aliphatic hydroxyl groups excluding tert-OH is 2. The van der Waals surface area contributed by atoms with Crippen LogP contribution >= 0.6 is 11.8 Å². The fourth-order valence-electron chi connectivity index (χ4n) is 1.22. The summed E-state index contributed by atoms with van der Waals surface area (Å²) in [6.45, 7) is -0.316. The van der Waals surface area contributed by atoms with Crippen LogP contribution in [0.3, 0.4) is 0 Å². The Balaban J connectivity index is 2.36. The monoisotopic (exact) mass is 349 g/mol. The first-order valence-electron chi connectivity index (χ1n) is 5.47. The second-order valence-corrected chi connectivity index (χ2v) is 7.06. The van der Waals surface area contributed by atoms with Crippen molar-refractivity contribution in [2.24, 2.45) is 0 Å². The molecule has 106 valence electrons. The molecule has 5 N–H and O–H groups in total. The number of amides is 1. The number of nitrogens with one attached hydrogen (secondary N) is 1. The first kappa shape index (κ1) is 16.5. The van der Waals surface area contributed by atoms with E-state index in [1.165, 1.54) is 11.8 Å². The van der Waals surface area contributed by atoms with Crippen molar-refractivity contribution in [3.8, 4) is 0 Å². The maximum atomic E-state index is 11.5. The fourth-order valence-corrected chi connectivity index (χ4v) is 2.84. The van der Waals surface area contributed by atoms with Crippen LogP contribution in [-0.4, -0.2) is 63.9 Å². The molecule has 0 spiro atoms. The van der Waals surface area contributed by atoms with Gasteiger partial charge in [0.05, 0.1) is 0 Å². The molecule has 0 bridgehead atoms. The molecule has 1 aromatic carbocycles. The SMILES string of the molecule is O=C(CSCC(O)CO)Nc1ccc([As](O)O)cc1. The molecule has 1 atom stereocenters. The van der Waals surface area contributed by atoms with Gasteiger partial charge in [-0.15, -0.1) is 0 Å². The van der Waals surface area contributed by atoms with Crippen LogP contribution in [0.25, 0.3) is 0 Å². The molecule has 0 saturated carbocycles. The summed E-state index contributed by atoms with van der Waals surface area (Å²) in [5.74, 6) is 0.257. The van der Waals surface area contributed by atoms with Gasteiger partial charge >= 0.3 is 120 Å². The van der Waals surface area contributed by atoms with Crippen LogP contribution in [0, 0.1) is 0 Å². The Morgan fingerprint density at radius 1 is 1.32 bits per heavy atom. The van der Waals surface area contributed by atoms with Gasteiger partial charge in [-0.1, -0.05) is 0 Å². The second kappa shape index (κ2) is 8.58. The Morgan fingerprint density at radius 2 is 1.95 bits per heavy atom. The Hall–Kier alpha value is -0.562. The molecule has 0 heterocycles. The number of aliphatic hydroxyl groups is 2. The van der Waals surface area contributed by atoms with Crippen LogP contribution in [0.2, 0.25) is 0 Å². The van der Waals surface area contributed by atoms with E-state index < -0.39 is 21.4 Å². The molecule has 1 aromatic rings. The van der Waals surface area contributed by atoms with Crippen molar-refractivity contribution in [3.05, 3.63) is 24.3 Å². The standard InChI is InChI=1S/C11H16AsNO5S/c14-5-10(15)6-19-7-11(16)13-9-3-1-8(2-4-9)12(17)18/h1-4,10,14-15,17-18H,5-7H2,(H,13,16). The quantitative estimate of drug-likeness (QED) is 0.379. The Kier molecular flexibility index (Phi) is 7.45. The zero-order valence-corrected chi connectivity index (χ0v) is 12.8. The fraction of sp³-hybridized carbons (Fsp3) is 0.364. The van der Waals surface area contributed by atoms with Crippen LogP contribution in [-0.2, 0) is 4.79 Å². The molecule has 0 aromatic heterocycles. The molecule has 8 heteroatoms. The molecule has 0 saturated heterocycles. The minimum absolute atomic E-state index is 0.177. The van der Waals surface area contributed by atoms with E-state index in [-0.39, 0.29) is 18.3 Å². The predicted molar refractivity (Wildman–Crippen MR) is 75.3 cm³/mol. The Labute approximate surface area is 120 Å². The summed E-state index contributed by atoms with van der Waals surface area (Å²) in [5, 5.41) is 20.4. The molecule has 0 radical (unpaired) electrons. The summed E-state index contributed by atoms with van der Waals surface area (Å²) in [6, 6.07) is 6.35.